The highest BCUT2D eigenvalue weighted by molar-refractivity contribution is 6.03. The molecule has 2 aromatic heterocycles. The van der Waals surface area contributed by atoms with Crippen LogP contribution in [0.2, 0.25) is 0 Å². The van der Waals surface area contributed by atoms with Gasteiger partial charge in [-0.15, -0.1) is 0 Å². The van der Waals surface area contributed by atoms with Crippen molar-refractivity contribution in [3.8, 4) is 0 Å². The molecule has 50 heavy (non-hydrogen) atoms. The summed E-state index contributed by atoms with van der Waals surface area (Å²) < 4.78 is 0. The van der Waals surface area contributed by atoms with Gasteiger partial charge in [0.25, 0.3) is 11.8 Å². The van der Waals surface area contributed by atoms with Gasteiger partial charge in [-0.05, 0) is 73.2 Å². The molecule has 0 bridgehead atoms. The van der Waals surface area contributed by atoms with E-state index in [0.717, 1.165) is 24.0 Å². The second kappa shape index (κ2) is 15.4. The number of aromatic nitrogens is 2. The standard InChI is InChI=1S/C40H38N6O4/c1-3-29-9-5-23-41-35(29)39(49)45-25-7-11-33(45)37(47)43-31-19-15-27(16-20-31)13-14-28-17-21-32(22-18-28)44-38(48)34-12-8-26-46(34)40(50)36-30(4-2)10-6-24-42-36/h3-6,9-10,13-24,33-34H,1-2,7-8,11-12,25-26H2,(H,43,47)(H,44,48)/b14-13+/t33-,34-/m0/s1. The first kappa shape index (κ1) is 33.7. The fourth-order valence-corrected chi connectivity index (χ4v) is 6.36. The highest BCUT2D eigenvalue weighted by Gasteiger charge is 2.37. The lowest BCUT2D eigenvalue weighted by Gasteiger charge is -2.24. The number of carbonyl (C=O) groups excluding carboxylic acids is 4. The third kappa shape index (κ3) is 7.44. The molecule has 0 unspecified atom stereocenters. The smallest absolute Gasteiger partial charge is 0.273 e. The number of rotatable bonds is 10. The molecule has 4 aromatic rings. The summed E-state index contributed by atoms with van der Waals surface area (Å²) in [5, 5.41) is 5.91. The van der Waals surface area contributed by atoms with Crippen molar-refractivity contribution in [2.75, 3.05) is 23.7 Å². The largest absolute Gasteiger partial charge is 0.325 e. The van der Waals surface area contributed by atoms with E-state index in [1.54, 1.807) is 58.6 Å². The predicted molar refractivity (Wildman–Crippen MR) is 196 cm³/mol. The Labute approximate surface area is 291 Å². The second-order valence-electron chi connectivity index (χ2n) is 12.2. The Kier molecular flexibility index (Phi) is 10.4. The van der Waals surface area contributed by atoms with Crippen molar-refractivity contribution in [2.45, 2.75) is 37.8 Å². The molecule has 4 heterocycles. The molecular weight excluding hydrogens is 628 g/mol. The summed E-state index contributed by atoms with van der Waals surface area (Å²) in [4.78, 5) is 64.5. The minimum atomic E-state index is -0.578. The van der Waals surface area contributed by atoms with Gasteiger partial charge in [-0.1, -0.05) is 73.9 Å². The van der Waals surface area contributed by atoms with E-state index in [4.69, 9.17) is 0 Å². The highest BCUT2D eigenvalue weighted by Crippen LogP contribution is 2.25. The lowest BCUT2D eigenvalue weighted by Crippen LogP contribution is -2.43. The van der Waals surface area contributed by atoms with Gasteiger partial charge in [-0.3, -0.25) is 29.1 Å². The van der Waals surface area contributed by atoms with Crippen molar-refractivity contribution in [3.05, 3.63) is 132 Å². The van der Waals surface area contributed by atoms with E-state index < -0.39 is 12.1 Å². The Balaban J connectivity index is 1.02. The summed E-state index contributed by atoms with van der Waals surface area (Å²) in [5.41, 5.74) is 5.02. The molecule has 6 rings (SSSR count). The van der Waals surface area contributed by atoms with Crippen LogP contribution < -0.4 is 10.6 Å². The van der Waals surface area contributed by atoms with Crippen molar-refractivity contribution < 1.29 is 19.2 Å². The molecule has 2 N–H and O–H groups in total. The normalized spacial score (nSPS) is 17.0. The Morgan fingerprint density at radius 3 is 1.40 bits per heavy atom. The van der Waals surface area contributed by atoms with Gasteiger partial charge >= 0.3 is 0 Å². The van der Waals surface area contributed by atoms with Gasteiger partial charge in [0.05, 0.1) is 0 Å². The number of pyridine rings is 2. The lowest BCUT2D eigenvalue weighted by atomic mass is 10.1. The van der Waals surface area contributed by atoms with Gasteiger partial charge in [-0.25, -0.2) is 0 Å². The zero-order valence-corrected chi connectivity index (χ0v) is 27.6. The molecular formula is C40H38N6O4. The van der Waals surface area contributed by atoms with E-state index in [9.17, 15) is 19.2 Å². The highest BCUT2D eigenvalue weighted by atomic mass is 16.2. The first-order chi connectivity index (χ1) is 24.4. The molecule has 252 valence electrons. The minimum absolute atomic E-state index is 0.232. The fourth-order valence-electron chi connectivity index (χ4n) is 6.36. The van der Waals surface area contributed by atoms with Crippen LogP contribution in [0.15, 0.2) is 98.3 Å². The van der Waals surface area contributed by atoms with Crippen LogP contribution in [-0.4, -0.2) is 68.6 Å². The fraction of sp³-hybridized carbons (Fsp3) is 0.200. The molecule has 2 saturated heterocycles. The first-order valence-electron chi connectivity index (χ1n) is 16.6. The molecule has 2 atom stereocenters. The summed E-state index contributed by atoms with van der Waals surface area (Å²) in [7, 11) is 0. The van der Waals surface area contributed by atoms with Crippen LogP contribution >= 0.6 is 0 Å². The van der Waals surface area contributed by atoms with Crippen LogP contribution in [0.25, 0.3) is 24.3 Å². The van der Waals surface area contributed by atoms with Crippen molar-refractivity contribution >= 4 is 59.3 Å². The van der Waals surface area contributed by atoms with Gasteiger partial charge in [0.15, 0.2) is 0 Å². The van der Waals surface area contributed by atoms with Crippen LogP contribution in [0.3, 0.4) is 0 Å². The molecule has 0 aliphatic carbocycles. The van der Waals surface area contributed by atoms with Gasteiger partial charge in [0.2, 0.25) is 11.8 Å². The Morgan fingerprint density at radius 2 is 1.02 bits per heavy atom. The van der Waals surface area contributed by atoms with Gasteiger partial charge in [0.1, 0.15) is 23.5 Å². The molecule has 2 aliphatic heterocycles. The Bertz CT molecular complexity index is 1810. The molecule has 10 heteroatoms. The molecule has 0 spiro atoms. The summed E-state index contributed by atoms with van der Waals surface area (Å²) >= 11 is 0. The van der Waals surface area contributed by atoms with Crippen LogP contribution in [0.4, 0.5) is 11.4 Å². The summed E-state index contributed by atoms with van der Waals surface area (Å²) in [5.74, 6) is -1.01. The van der Waals surface area contributed by atoms with E-state index in [1.807, 2.05) is 60.7 Å². The van der Waals surface area contributed by atoms with E-state index in [1.165, 1.54) is 0 Å². The molecule has 4 amide bonds. The molecule has 0 radical (unpaired) electrons. The number of benzene rings is 2. The SMILES string of the molecule is C=Cc1cccnc1C(=O)N1CCC[C@H]1C(=O)Nc1ccc(/C=C/c2ccc(NC(=O)[C@@H]3CCCN3C(=O)c3ncccc3C=C)cc2)cc1. The number of nitrogens with one attached hydrogen (secondary N) is 2. The van der Waals surface area contributed by atoms with Crippen LogP contribution in [0.5, 0.6) is 0 Å². The second-order valence-corrected chi connectivity index (χ2v) is 12.2. The Hall–Kier alpha value is -6.16. The predicted octanol–water partition coefficient (Wildman–Crippen LogP) is 6.42. The average molecular weight is 667 g/mol. The van der Waals surface area contributed by atoms with Crippen molar-refractivity contribution in [1.29, 1.82) is 0 Å². The lowest BCUT2D eigenvalue weighted by molar-refractivity contribution is -0.120. The number of hydrogen-bond donors (Lipinski definition) is 2. The Morgan fingerprint density at radius 1 is 0.620 bits per heavy atom. The average Bonchev–Trinajstić information content (AvgIpc) is 3.86. The third-order valence-electron chi connectivity index (χ3n) is 8.98. The van der Waals surface area contributed by atoms with Gasteiger partial charge in [0, 0.05) is 48.0 Å². The number of carbonyl (C=O) groups is 4. The first-order valence-corrected chi connectivity index (χ1v) is 16.6. The maximum absolute atomic E-state index is 13.2. The number of hydrogen-bond acceptors (Lipinski definition) is 6. The number of anilines is 2. The molecule has 2 aliphatic rings. The van der Waals surface area contributed by atoms with Crippen molar-refractivity contribution in [1.82, 2.24) is 19.8 Å². The third-order valence-corrected chi connectivity index (χ3v) is 8.98. The van der Waals surface area contributed by atoms with E-state index >= 15 is 0 Å². The zero-order chi connectivity index (χ0) is 35.0. The van der Waals surface area contributed by atoms with Crippen LogP contribution in [-0.2, 0) is 9.59 Å². The molecule has 10 nitrogen and oxygen atoms in total. The number of nitrogens with zero attached hydrogens (tertiary/aromatic N) is 4. The summed E-state index contributed by atoms with van der Waals surface area (Å²) in [6.45, 7) is 8.52. The van der Waals surface area contributed by atoms with Crippen LogP contribution in [0.1, 0.15) is 68.9 Å². The van der Waals surface area contributed by atoms with Crippen molar-refractivity contribution in [3.63, 3.8) is 0 Å². The topological polar surface area (TPSA) is 125 Å². The van der Waals surface area contributed by atoms with Gasteiger partial charge < -0.3 is 20.4 Å². The van der Waals surface area contributed by atoms with Crippen molar-refractivity contribution in [2.24, 2.45) is 0 Å². The van der Waals surface area contributed by atoms with E-state index in [2.05, 4.69) is 33.8 Å². The summed E-state index contributed by atoms with van der Waals surface area (Å²) in [6.07, 6.45) is 12.9. The molecule has 0 saturated carbocycles. The minimum Gasteiger partial charge on any atom is -0.325 e. The van der Waals surface area contributed by atoms with Gasteiger partial charge in [-0.2, -0.15) is 0 Å². The monoisotopic (exact) mass is 666 g/mol. The number of amides is 4. The number of likely N-dealkylation sites (tertiary alicyclic amines) is 2. The molecule has 2 fully saturated rings. The maximum atomic E-state index is 13.2. The van der Waals surface area contributed by atoms with Crippen LogP contribution in [0, 0.1) is 0 Å². The maximum Gasteiger partial charge on any atom is 0.273 e. The summed E-state index contributed by atoms with van der Waals surface area (Å²) in [6, 6.07) is 20.8. The molecule has 2 aromatic carbocycles. The van der Waals surface area contributed by atoms with E-state index in [0.29, 0.717) is 59.8 Å². The zero-order valence-electron chi connectivity index (χ0n) is 27.6. The van der Waals surface area contributed by atoms with E-state index in [-0.39, 0.29) is 23.6 Å². The quantitative estimate of drug-likeness (QED) is 0.188.